The quantitative estimate of drug-likeness (QED) is 0.792. The summed E-state index contributed by atoms with van der Waals surface area (Å²) in [5.74, 6) is 0.449. The minimum atomic E-state index is -0.649. The predicted molar refractivity (Wildman–Crippen MR) is 58.7 cm³/mol. The number of aromatic nitrogens is 2. The van der Waals surface area contributed by atoms with Crippen molar-refractivity contribution in [3.8, 4) is 6.07 Å². The monoisotopic (exact) mass is 218 g/mol. The third kappa shape index (κ3) is 2.28. The van der Waals surface area contributed by atoms with Crippen molar-refractivity contribution in [3.63, 3.8) is 0 Å². The first-order valence-corrected chi connectivity index (χ1v) is 5.41. The number of nitrogens with one attached hydrogen (secondary N) is 1. The lowest BCUT2D eigenvalue weighted by Gasteiger charge is -2.22. The lowest BCUT2D eigenvalue weighted by atomic mass is 10.0. The van der Waals surface area contributed by atoms with Crippen molar-refractivity contribution >= 4 is 5.82 Å². The fraction of sp³-hybridized carbons (Fsp3) is 0.545. The maximum atomic E-state index is 10.1. The minimum absolute atomic E-state index is 0.268. The third-order valence-electron chi connectivity index (χ3n) is 2.92. The normalized spacial score (nSPS) is 18.0. The van der Waals surface area contributed by atoms with Gasteiger partial charge in [-0.15, -0.1) is 0 Å². The molecule has 0 saturated heterocycles. The molecule has 0 unspecified atom stereocenters. The van der Waals surface area contributed by atoms with E-state index in [4.69, 9.17) is 5.26 Å². The highest BCUT2D eigenvalue weighted by molar-refractivity contribution is 5.46. The molecule has 1 fully saturated rings. The standard InChI is InChI=1S/C11H14N4O/c12-7-9-10(14-6-5-13-9)15-8-11(16)3-1-2-4-11/h5-6,16H,1-4,8H2,(H,14,15). The second kappa shape index (κ2) is 4.45. The Labute approximate surface area is 94.2 Å². The van der Waals surface area contributed by atoms with E-state index >= 15 is 0 Å². The Bertz CT molecular complexity index is 407. The average molecular weight is 218 g/mol. The van der Waals surface area contributed by atoms with E-state index in [9.17, 15) is 5.11 Å². The molecule has 0 aliphatic heterocycles. The highest BCUT2D eigenvalue weighted by atomic mass is 16.3. The molecule has 0 radical (unpaired) electrons. The van der Waals surface area contributed by atoms with E-state index in [-0.39, 0.29) is 5.69 Å². The largest absolute Gasteiger partial charge is 0.388 e. The van der Waals surface area contributed by atoms with Crippen LogP contribution in [0.4, 0.5) is 5.82 Å². The van der Waals surface area contributed by atoms with Gasteiger partial charge < -0.3 is 10.4 Å². The molecule has 5 nitrogen and oxygen atoms in total. The summed E-state index contributed by atoms with van der Waals surface area (Å²) in [5, 5.41) is 21.9. The van der Waals surface area contributed by atoms with Gasteiger partial charge in [0.15, 0.2) is 11.5 Å². The second-order valence-electron chi connectivity index (χ2n) is 4.15. The van der Waals surface area contributed by atoms with E-state index in [2.05, 4.69) is 15.3 Å². The molecule has 2 rings (SSSR count). The minimum Gasteiger partial charge on any atom is -0.388 e. The molecule has 1 aliphatic carbocycles. The molecule has 0 aromatic carbocycles. The van der Waals surface area contributed by atoms with Crippen molar-refractivity contribution < 1.29 is 5.11 Å². The van der Waals surface area contributed by atoms with Crippen LogP contribution in [-0.4, -0.2) is 27.2 Å². The zero-order valence-electron chi connectivity index (χ0n) is 8.98. The summed E-state index contributed by atoms with van der Waals surface area (Å²) in [4.78, 5) is 7.93. The summed E-state index contributed by atoms with van der Waals surface area (Å²) < 4.78 is 0. The zero-order chi connectivity index (χ0) is 11.4. The average Bonchev–Trinajstić information content (AvgIpc) is 2.74. The summed E-state index contributed by atoms with van der Waals surface area (Å²) >= 11 is 0. The van der Waals surface area contributed by atoms with Crippen LogP contribution in [0.1, 0.15) is 31.4 Å². The summed E-state index contributed by atoms with van der Waals surface area (Å²) in [7, 11) is 0. The first-order chi connectivity index (χ1) is 7.73. The van der Waals surface area contributed by atoms with Crippen LogP contribution in [0.2, 0.25) is 0 Å². The van der Waals surface area contributed by atoms with Crippen molar-refractivity contribution in [2.75, 3.05) is 11.9 Å². The molecular weight excluding hydrogens is 204 g/mol. The Hall–Kier alpha value is -1.67. The topological polar surface area (TPSA) is 81.8 Å². The molecule has 1 saturated carbocycles. The summed E-state index contributed by atoms with van der Waals surface area (Å²) in [6.07, 6.45) is 6.74. The highest BCUT2D eigenvalue weighted by Gasteiger charge is 2.30. The van der Waals surface area contributed by atoms with Crippen molar-refractivity contribution in [2.24, 2.45) is 0 Å². The van der Waals surface area contributed by atoms with E-state index < -0.39 is 5.60 Å². The van der Waals surface area contributed by atoms with Gasteiger partial charge in [0.05, 0.1) is 5.60 Å². The lowest BCUT2D eigenvalue weighted by molar-refractivity contribution is 0.0614. The van der Waals surface area contributed by atoms with Gasteiger partial charge in [0.1, 0.15) is 6.07 Å². The van der Waals surface area contributed by atoms with E-state index in [1.807, 2.05) is 6.07 Å². The summed E-state index contributed by atoms with van der Waals surface area (Å²) in [5.41, 5.74) is -0.381. The molecule has 1 aromatic heterocycles. The molecule has 0 bridgehead atoms. The number of rotatable bonds is 3. The number of hydrogen-bond donors (Lipinski definition) is 2. The van der Waals surface area contributed by atoms with Gasteiger partial charge in [-0.3, -0.25) is 0 Å². The predicted octanol–water partition coefficient (Wildman–Crippen LogP) is 1.07. The number of hydrogen-bond acceptors (Lipinski definition) is 5. The van der Waals surface area contributed by atoms with E-state index in [0.717, 1.165) is 25.7 Å². The van der Waals surface area contributed by atoms with Crippen molar-refractivity contribution in [3.05, 3.63) is 18.1 Å². The van der Waals surface area contributed by atoms with Crippen LogP contribution in [-0.2, 0) is 0 Å². The smallest absolute Gasteiger partial charge is 0.182 e. The van der Waals surface area contributed by atoms with Crippen LogP contribution < -0.4 is 5.32 Å². The lowest BCUT2D eigenvalue weighted by Crippen LogP contribution is -2.33. The molecule has 0 spiro atoms. The van der Waals surface area contributed by atoms with Gasteiger partial charge in [0.25, 0.3) is 0 Å². The number of nitriles is 1. The molecule has 16 heavy (non-hydrogen) atoms. The molecular formula is C11H14N4O. The van der Waals surface area contributed by atoms with Gasteiger partial charge in [-0.05, 0) is 12.8 Å². The maximum absolute atomic E-state index is 10.1. The van der Waals surface area contributed by atoms with E-state index in [1.165, 1.54) is 12.4 Å². The van der Waals surface area contributed by atoms with Gasteiger partial charge >= 0.3 is 0 Å². The summed E-state index contributed by atoms with van der Waals surface area (Å²) in [6, 6.07) is 1.97. The van der Waals surface area contributed by atoms with Crippen LogP contribution in [0.15, 0.2) is 12.4 Å². The fourth-order valence-corrected chi connectivity index (χ4v) is 2.01. The van der Waals surface area contributed by atoms with Crippen molar-refractivity contribution in [2.45, 2.75) is 31.3 Å². The molecule has 1 heterocycles. The molecule has 84 valence electrons. The molecule has 0 atom stereocenters. The molecule has 5 heteroatoms. The summed E-state index contributed by atoms with van der Waals surface area (Å²) in [6.45, 7) is 0.431. The van der Waals surface area contributed by atoms with Crippen LogP contribution in [0.25, 0.3) is 0 Å². The number of nitrogens with zero attached hydrogens (tertiary/aromatic N) is 3. The third-order valence-corrected chi connectivity index (χ3v) is 2.92. The Morgan fingerprint density at radius 3 is 2.75 bits per heavy atom. The second-order valence-corrected chi connectivity index (χ2v) is 4.15. The van der Waals surface area contributed by atoms with Crippen LogP contribution in [0, 0.1) is 11.3 Å². The van der Waals surface area contributed by atoms with Crippen molar-refractivity contribution in [1.29, 1.82) is 5.26 Å². The Balaban J connectivity index is 2.02. The van der Waals surface area contributed by atoms with Gasteiger partial charge in [-0.2, -0.15) is 5.26 Å². The maximum Gasteiger partial charge on any atom is 0.182 e. The van der Waals surface area contributed by atoms with Crippen LogP contribution in [0.3, 0.4) is 0 Å². The van der Waals surface area contributed by atoms with E-state index in [1.54, 1.807) is 0 Å². The van der Waals surface area contributed by atoms with Gasteiger partial charge in [0.2, 0.25) is 0 Å². The molecule has 1 aliphatic rings. The first kappa shape index (κ1) is 10.8. The number of aliphatic hydroxyl groups is 1. The van der Waals surface area contributed by atoms with Gasteiger partial charge in [0, 0.05) is 18.9 Å². The van der Waals surface area contributed by atoms with Crippen molar-refractivity contribution in [1.82, 2.24) is 9.97 Å². The fourth-order valence-electron chi connectivity index (χ4n) is 2.01. The van der Waals surface area contributed by atoms with Crippen LogP contribution >= 0.6 is 0 Å². The molecule has 1 aromatic rings. The van der Waals surface area contributed by atoms with Crippen LogP contribution in [0.5, 0.6) is 0 Å². The SMILES string of the molecule is N#Cc1nccnc1NCC1(O)CCCC1. The van der Waals surface area contributed by atoms with Gasteiger partial charge in [-0.25, -0.2) is 9.97 Å². The van der Waals surface area contributed by atoms with Gasteiger partial charge in [-0.1, -0.05) is 12.8 Å². The Kier molecular flexibility index (Phi) is 3.02. The first-order valence-electron chi connectivity index (χ1n) is 5.41. The number of anilines is 1. The molecule has 0 amide bonds. The highest BCUT2D eigenvalue weighted by Crippen LogP contribution is 2.29. The van der Waals surface area contributed by atoms with E-state index in [0.29, 0.717) is 12.4 Å². The zero-order valence-corrected chi connectivity index (χ0v) is 8.98. The Morgan fingerprint density at radius 1 is 1.38 bits per heavy atom. The Morgan fingerprint density at radius 2 is 2.06 bits per heavy atom. The molecule has 2 N–H and O–H groups in total.